The highest BCUT2D eigenvalue weighted by Gasteiger charge is 2.12. The summed E-state index contributed by atoms with van der Waals surface area (Å²) in [5.74, 6) is 0. The molecule has 0 radical (unpaired) electrons. The molecule has 0 amide bonds. The summed E-state index contributed by atoms with van der Waals surface area (Å²) in [6.07, 6.45) is 5.00. The van der Waals surface area contributed by atoms with E-state index in [9.17, 15) is 0 Å². The van der Waals surface area contributed by atoms with Crippen molar-refractivity contribution in [3.8, 4) is 0 Å². The standard InChI is InChI=1S/C16H21Cl2N3/c1-3-16(14-7-6-13(17)9-15(14)18)19-8-4-5-12-10-20-21-11(12)2/h6-7,9-10,16,19H,3-5,8H2,1-2H3,(H,20,21). The van der Waals surface area contributed by atoms with Gasteiger partial charge in [-0.25, -0.2) is 0 Å². The zero-order valence-corrected chi connectivity index (χ0v) is 13.9. The number of nitrogens with zero attached hydrogens (tertiary/aromatic N) is 1. The maximum Gasteiger partial charge on any atom is 0.0522 e. The van der Waals surface area contributed by atoms with Crippen molar-refractivity contribution >= 4 is 23.2 Å². The first-order chi connectivity index (χ1) is 10.1. The van der Waals surface area contributed by atoms with Gasteiger partial charge >= 0.3 is 0 Å². The van der Waals surface area contributed by atoms with E-state index in [4.69, 9.17) is 23.2 Å². The van der Waals surface area contributed by atoms with E-state index in [0.717, 1.165) is 42.1 Å². The largest absolute Gasteiger partial charge is 0.310 e. The van der Waals surface area contributed by atoms with Crippen molar-refractivity contribution in [3.63, 3.8) is 0 Å². The Hall–Kier alpha value is -1.03. The average molecular weight is 326 g/mol. The van der Waals surface area contributed by atoms with Crippen molar-refractivity contribution < 1.29 is 0 Å². The SMILES string of the molecule is CCC(NCCCc1cn[nH]c1C)c1ccc(Cl)cc1Cl. The molecule has 0 bridgehead atoms. The molecule has 2 rings (SSSR count). The molecule has 0 fully saturated rings. The maximum absolute atomic E-state index is 6.28. The predicted octanol–water partition coefficient (Wildman–Crippen LogP) is 4.70. The number of rotatable bonds is 7. The first kappa shape index (κ1) is 16.3. The van der Waals surface area contributed by atoms with Crippen molar-refractivity contribution in [1.82, 2.24) is 15.5 Å². The van der Waals surface area contributed by atoms with E-state index >= 15 is 0 Å². The normalized spacial score (nSPS) is 12.6. The van der Waals surface area contributed by atoms with E-state index in [2.05, 4.69) is 29.4 Å². The van der Waals surface area contributed by atoms with Gasteiger partial charge < -0.3 is 5.32 Å². The molecule has 2 N–H and O–H groups in total. The van der Waals surface area contributed by atoms with E-state index in [0.29, 0.717) is 5.02 Å². The smallest absolute Gasteiger partial charge is 0.0522 e. The Balaban J connectivity index is 1.86. The monoisotopic (exact) mass is 325 g/mol. The van der Waals surface area contributed by atoms with Crippen LogP contribution in [0.15, 0.2) is 24.4 Å². The van der Waals surface area contributed by atoms with Gasteiger partial charge in [0.2, 0.25) is 0 Å². The Bertz CT molecular complexity index is 581. The second-order valence-electron chi connectivity index (χ2n) is 5.20. The average Bonchev–Trinajstić information content (AvgIpc) is 2.86. The molecule has 1 aromatic heterocycles. The van der Waals surface area contributed by atoms with Crippen LogP contribution in [0, 0.1) is 6.92 Å². The molecule has 0 aliphatic heterocycles. The molecule has 0 spiro atoms. The van der Waals surface area contributed by atoms with Gasteiger partial charge in [-0.3, -0.25) is 5.10 Å². The van der Waals surface area contributed by atoms with Crippen molar-refractivity contribution in [2.45, 2.75) is 39.2 Å². The third-order valence-corrected chi connectivity index (χ3v) is 4.26. The Morgan fingerprint density at radius 3 is 2.76 bits per heavy atom. The second-order valence-corrected chi connectivity index (χ2v) is 6.05. The van der Waals surface area contributed by atoms with E-state index in [1.807, 2.05) is 18.3 Å². The first-order valence-corrected chi connectivity index (χ1v) is 8.04. The molecule has 1 aromatic carbocycles. The molecule has 21 heavy (non-hydrogen) atoms. The fourth-order valence-corrected chi connectivity index (χ4v) is 2.98. The van der Waals surface area contributed by atoms with Crippen LogP contribution in [0.4, 0.5) is 0 Å². The molecule has 3 nitrogen and oxygen atoms in total. The number of hydrogen-bond donors (Lipinski definition) is 2. The summed E-state index contributed by atoms with van der Waals surface area (Å²) in [4.78, 5) is 0. The van der Waals surface area contributed by atoms with Gasteiger partial charge in [0.1, 0.15) is 0 Å². The van der Waals surface area contributed by atoms with Crippen LogP contribution in [0.5, 0.6) is 0 Å². The fraction of sp³-hybridized carbons (Fsp3) is 0.438. The van der Waals surface area contributed by atoms with Gasteiger partial charge in [0.15, 0.2) is 0 Å². The lowest BCUT2D eigenvalue weighted by molar-refractivity contribution is 0.510. The zero-order valence-electron chi connectivity index (χ0n) is 12.4. The summed E-state index contributed by atoms with van der Waals surface area (Å²) < 4.78 is 0. The number of halogens is 2. The molecule has 1 unspecified atom stereocenters. The predicted molar refractivity (Wildman–Crippen MR) is 89.1 cm³/mol. The van der Waals surface area contributed by atoms with Crippen molar-refractivity contribution in [2.75, 3.05) is 6.54 Å². The maximum atomic E-state index is 6.28. The van der Waals surface area contributed by atoms with Gasteiger partial charge in [-0.2, -0.15) is 5.10 Å². The lowest BCUT2D eigenvalue weighted by Crippen LogP contribution is -2.22. The van der Waals surface area contributed by atoms with Gasteiger partial charge in [-0.1, -0.05) is 36.2 Å². The summed E-state index contributed by atoms with van der Waals surface area (Å²) in [5.41, 5.74) is 3.56. The number of aromatic nitrogens is 2. The van der Waals surface area contributed by atoms with Crippen LogP contribution >= 0.6 is 23.2 Å². The molecule has 0 saturated carbocycles. The van der Waals surface area contributed by atoms with Crippen LogP contribution in [0.1, 0.15) is 42.6 Å². The summed E-state index contributed by atoms with van der Waals surface area (Å²) >= 11 is 12.2. The second kappa shape index (κ2) is 7.83. The van der Waals surface area contributed by atoms with Gasteiger partial charge in [-0.15, -0.1) is 0 Å². The summed E-state index contributed by atoms with van der Waals surface area (Å²) in [6.45, 7) is 5.16. The highest BCUT2D eigenvalue weighted by Crippen LogP contribution is 2.28. The minimum absolute atomic E-state index is 0.264. The molecule has 0 aliphatic rings. The molecular formula is C16H21Cl2N3. The van der Waals surface area contributed by atoms with E-state index in [-0.39, 0.29) is 6.04 Å². The Morgan fingerprint density at radius 2 is 2.14 bits per heavy atom. The van der Waals surface area contributed by atoms with E-state index in [1.54, 1.807) is 6.07 Å². The van der Waals surface area contributed by atoms with Crippen LogP contribution in [0.3, 0.4) is 0 Å². The van der Waals surface area contributed by atoms with Gasteiger partial charge in [-0.05, 0) is 56.0 Å². The molecule has 5 heteroatoms. The number of aromatic amines is 1. The van der Waals surface area contributed by atoms with Crippen molar-refractivity contribution in [1.29, 1.82) is 0 Å². The minimum atomic E-state index is 0.264. The molecule has 0 aliphatic carbocycles. The zero-order chi connectivity index (χ0) is 15.2. The molecule has 114 valence electrons. The van der Waals surface area contributed by atoms with E-state index < -0.39 is 0 Å². The molecule has 0 saturated heterocycles. The Morgan fingerprint density at radius 1 is 1.33 bits per heavy atom. The number of aryl methyl sites for hydroxylation is 2. The molecule has 2 aromatic rings. The molecular weight excluding hydrogens is 305 g/mol. The minimum Gasteiger partial charge on any atom is -0.310 e. The van der Waals surface area contributed by atoms with Gasteiger partial charge in [0.05, 0.1) is 6.20 Å². The fourth-order valence-electron chi connectivity index (χ4n) is 2.44. The van der Waals surface area contributed by atoms with Gasteiger partial charge in [0, 0.05) is 21.8 Å². The lowest BCUT2D eigenvalue weighted by atomic mass is 10.0. The lowest BCUT2D eigenvalue weighted by Gasteiger charge is -2.19. The third-order valence-electron chi connectivity index (χ3n) is 3.69. The van der Waals surface area contributed by atoms with Crippen molar-refractivity contribution in [3.05, 3.63) is 51.3 Å². The topological polar surface area (TPSA) is 40.7 Å². The third kappa shape index (κ3) is 4.47. The number of benzene rings is 1. The van der Waals surface area contributed by atoms with Crippen LogP contribution in [0.2, 0.25) is 10.0 Å². The highest BCUT2D eigenvalue weighted by molar-refractivity contribution is 6.35. The molecule has 1 atom stereocenters. The first-order valence-electron chi connectivity index (χ1n) is 7.29. The number of H-pyrrole nitrogens is 1. The van der Waals surface area contributed by atoms with Crippen LogP contribution < -0.4 is 5.32 Å². The van der Waals surface area contributed by atoms with Crippen molar-refractivity contribution in [2.24, 2.45) is 0 Å². The number of hydrogen-bond acceptors (Lipinski definition) is 2. The summed E-state index contributed by atoms with van der Waals surface area (Å²) in [6, 6.07) is 5.96. The Labute approximate surface area is 136 Å². The van der Waals surface area contributed by atoms with Gasteiger partial charge in [0.25, 0.3) is 0 Å². The number of nitrogens with one attached hydrogen (secondary N) is 2. The summed E-state index contributed by atoms with van der Waals surface area (Å²) in [7, 11) is 0. The molecule has 1 heterocycles. The highest BCUT2D eigenvalue weighted by atomic mass is 35.5. The van der Waals surface area contributed by atoms with E-state index in [1.165, 1.54) is 5.56 Å². The Kier molecular flexibility index (Phi) is 6.09. The summed E-state index contributed by atoms with van der Waals surface area (Å²) in [5, 5.41) is 12.0. The van der Waals surface area contributed by atoms with Crippen LogP contribution in [0.25, 0.3) is 0 Å². The van der Waals surface area contributed by atoms with Crippen LogP contribution in [-0.2, 0) is 6.42 Å². The quantitative estimate of drug-likeness (QED) is 0.724. The van der Waals surface area contributed by atoms with Crippen LogP contribution in [-0.4, -0.2) is 16.7 Å².